The Bertz CT molecular complexity index is 194. The molecular formula is C12H20. The van der Waals surface area contributed by atoms with E-state index in [-0.39, 0.29) is 0 Å². The lowest BCUT2D eigenvalue weighted by Crippen LogP contribution is -2.01. The van der Waals surface area contributed by atoms with Gasteiger partial charge in [0.1, 0.15) is 0 Å². The third-order valence-corrected chi connectivity index (χ3v) is 2.69. The fraction of sp³-hybridized carbons (Fsp3) is 0.750. The maximum Gasteiger partial charge on any atom is -0.0244 e. The molecule has 12 heavy (non-hydrogen) atoms. The Hall–Kier alpha value is -0.480. The molecule has 0 amide bonds. The van der Waals surface area contributed by atoms with Gasteiger partial charge in [-0.2, -0.15) is 0 Å². The second-order valence-electron chi connectivity index (χ2n) is 4.35. The molecule has 0 spiro atoms. The Labute approximate surface area is 76.4 Å². The SMILES string of the molecule is CC1=C=CCC(C)CC(C)CC1. The average Bonchev–Trinajstić information content (AvgIpc) is 2.05. The molecule has 0 nitrogen and oxygen atoms in total. The molecule has 0 aromatic heterocycles. The number of hydrogen-bond acceptors (Lipinski definition) is 0. The van der Waals surface area contributed by atoms with Crippen molar-refractivity contribution in [1.29, 1.82) is 0 Å². The summed E-state index contributed by atoms with van der Waals surface area (Å²) in [5.74, 6) is 1.74. The summed E-state index contributed by atoms with van der Waals surface area (Å²) < 4.78 is 0. The number of hydrogen-bond donors (Lipinski definition) is 0. The lowest BCUT2D eigenvalue weighted by Gasteiger charge is -2.14. The van der Waals surface area contributed by atoms with E-state index in [0.29, 0.717) is 0 Å². The monoisotopic (exact) mass is 164 g/mol. The summed E-state index contributed by atoms with van der Waals surface area (Å²) in [6, 6.07) is 0. The number of rotatable bonds is 0. The first kappa shape index (κ1) is 9.61. The minimum atomic E-state index is 0.846. The van der Waals surface area contributed by atoms with Gasteiger partial charge in [0.25, 0.3) is 0 Å². The van der Waals surface area contributed by atoms with E-state index in [1.807, 2.05) is 0 Å². The molecule has 0 aromatic rings. The van der Waals surface area contributed by atoms with Gasteiger partial charge < -0.3 is 0 Å². The molecule has 2 atom stereocenters. The molecule has 0 saturated carbocycles. The molecule has 68 valence electrons. The van der Waals surface area contributed by atoms with Crippen LogP contribution in [0, 0.1) is 11.8 Å². The molecule has 0 heteroatoms. The van der Waals surface area contributed by atoms with Crippen LogP contribution in [-0.2, 0) is 0 Å². The lowest BCUT2D eigenvalue weighted by atomic mass is 9.92. The molecule has 0 fully saturated rings. The second-order valence-corrected chi connectivity index (χ2v) is 4.35. The van der Waals surface area contributed by atoms with Gasteiger partial charge in [0.05, 0.1) is 0 Å². The van der Waals surface area contributed by atoms with Crippen molar-refractivity contribution < 1.29 is 0 Å². The predicted molar refractivity (Wildman–Crippen MR) is 54.1 cm³/mol. The highest BCUT2D eigenvalue weighted by Gasteiger charge is 2.08. The Morgan fingerprint density at radius 1 is 1.33 bits per heavy atom. The van der Waals surface area contributed by atoms with Gasteiger partial charge in [-0.15, -0.1) is 5.73 Å². The molecule has 0 radical (unpaired) electrons. The lowest BCUT2D eigenvalue weighted by molar-refractivity contribution is 0.399. The van der Waals surface area contributed by atoms with E-state index in [9.17, 15) is 0 Å². The van der Waals surface area contributed by atoms with Crippen molar-refractivity contribution in [3.05, 3.63) is 17.4 Å². The van der Waals surface area contributed by atoms with Gasteiger partial charge in [-0.25, -0.2) is 0 Å². The maximum absolute atomic E-state index is 3.37. The van der Waals surface area contributed by atoms with Crippen molar-refractivity contribution in [2.24, 2.45) is 11.8 Å². The second kappa shape index (κ2) is 4.52. The molecule has 0 N–H and O–H groups in total. The summed E-state index contributed by atoms with van der Waals surface area (Å²) in [5, 5.41) is 0. The molecule has 1 aliphatic rings. The zero-order valence-electron chi connectivity index (χ0n) is 8.56. The minimum Gasteiger partial charge on any atom is -0.126 e. The predicted octanol–water partition coefficient (Wildman–Crippen LogP) is 3.93. The Morgan fingerprint density at radius 3 is 2.83 bits per heavy atom. The van der Waals surface area contributed by atoms with Crippen LogP contribution in [0.25, 0.3) is 0 Å². The zero-order chi connectivity index (χ0) is 8.97. The van der Waals surface area contributed by atoms with Gasteiger partial charge in [-0.3, -0.25) is 0 Å². The van der Waals surface area contributed by atoms with Crippen LogP contribution in [-0.4, -0.2) is 0 Å². The van der Waals surface area contributed by atoms with E-state index < -0.39 is 0 Å². The molecule has 0 saturated heterocycles. The quantitative estimate of drug-likeness (QED) is 0.476. The third kappa shape index (κ3) is 3.28. The summed E-state index contributed by atoms with van der Waals surface area (Å²) in [6.07, 6.45) is 7.40. The molecule has 1 rings (SSSR count). The first-order valence-corrected chi connectivity index (χ1v) is 5.09. The van der Waals surface area contributed by atoms with Crippen LogP contribution in [0.15, 0.2) is 17.4 Å². The Balaban J connectivity index is 2.59. The van der Waals surface area contributed by atoms with Crippen LogP contribution >= 0.6 is 0 Å². The van der Waals surface area contributed by atoms with Gasteiger partial charge >= 0.3 is 0 Å². The van der Waals surface area contributed by atoms with Crippen LogP contribution in [0.3, 0.4) is 0 Å². The minimum absolute atomic E-state index is 0.846. The van der Waals surface area contributed by atoms with Crippen LogP contribution < -0.4 is 0 Å². The highest BCUT2D eigenvalue weighted by molar-refractivity contribution is 4.99. The summed E-state index contributed by atoms with van der Waals surface area (Å²) >= 11 is 0. The summed E-state index contributed by atoms with van der Waals surface area (Å²) in [7, 11) is 0. The van der Waals surface area contributed by atoms with Crippen LogP contribution in [0.5, 0.6) is 0 Å². The largest absolute Gasteiger partial charge is 0.126 e. The van der Waals surface area contributed by atoms with Crippen LogP contribution in [0.1, 0.15) is 46.5 Å². The third-order valence-electron chi connectivity index (χ3n) is 2.69. The molecule has 0 aromatic carbocycles. The topological polar surface area (TPSA) is 0 Å². The fourth-order valence-corrected chi connectivity index (χ4v) is 1.87. The maximum atomic E-state index is 3.37. The molecule has 2 unspecified atom stereocenters. The molecular weight excluding hydrogens is 144 g/mol. The Morgan fingerprint density at radius 2 is 2.08 bits per heavy atom. The van der Waals surface area contributed by atoms with Crippen LogP contribution in [0.2, 0.25) is 0 Å². The normalized spacial score (nSPS) is 31.8. The van der Waals surface area contributed by atoms with E-state index >= 15 is 0 Å². The Kier molecular flexibility index (Phi) is 3.62. The molecule has 0 heterocycles. The van der Waals surface area contributed by atoms with Gasteiger partial charge in [0, 0.05) is 0 Å². The van der Waals surface area contributed by atoms with E-state index in [0.717, 1.165) is 11.8 Å². The first-order valence-electron chi connectivity index (χ1n) is 5.09. The zero-order valence-corrected chi connectivity index (χ0v) is 8.56. The smallest absolute Gasteiger partial charge is 0.0244 e. The highest BCUT2D eigenvalue weighted by atomic mass is 14.1. The van der Waals surface area contributed by atoms with E-state index in [4.69, 9.17) is 0 Å². The molecule has 0 aliphatic heterocycles. The molecule has 0 bridgehead atoms. The van der Waals surface area contributed by atoms with E-state index in [2.05, 4.69) is 32.6 Å². The van der Waals surface area contributed by atoms with Gasteiger partial charge in [-0.05, 0) is 56.1 Å². The van der Waals surface area contributed by atoms with Crippen molar-refractivity contribution >= 4 is 0 Å². The van der Waals surface area contributed by atoms with Crippen LogP contribution in [0.4, 0.5) is 0 Å². The van der Waals surface area contributed by atoms with Crippen molar-refractivity contribution in [2.75, 3.05) is 0 Å². The van der Waals surface area contributed by atoms with E-state index in [1.165, 1.54) is 31.3 Å². The summed E-state index contributed by atoms with van der Waals surface area (Å²) in [6.45, 7) is 6.91. The summed E-state index contributed by atoms with van der Waals surface area (Å²) in [4.78, 5) is 0. The van der Waals surface area contributed by atoms with E-state index in [1.54, 1.807) is 0 Å². The standard InChI is InChI=1S/C12H20/c1-10-5-4-6-11(2)9-12(3)8-7-10/h4,11-12H,6-9H2,1-3H3. The van der Waals surface area contributed by atoms with Crippen molar-refractivity contribution in [2.45, 2.75) is 46.5 Å². The number of allylic oxidation sites excluding steroid dienone is 1. The van der Waals surface area contributed by atoms with Crippen molar-refractivity contribution in [3.8, 4) is 0 Å². The highest BCUT2D eigenvalue weighted by Crippen LogP contribution is 2.22. The van der Waals surface area contributed by atoms with Gasteiger partial charge in [0.2, 0.25) is 0 Å². The van der Waals surface area contributed by atoms with Crippen molar-refractivity contribution in [1.82, 2.24) is 0 Å². The fourth-order valence-electron chi connectivity index (χ4n) is 1.87. The van der Waals surface area contributed by atoms with Gasteiger partial charge in [0.15, 0.2) is 0 Å². The first-order chi connectivity index (χ1) is 5.68. The van der Waals surface area contributed by atoms with Gasteiger partial charge in [-0.1, -0.05) is 13.8 Å². The summed E-state index contributed by atoms with van der Waals surface area (Å²) in [5.41, 5.74) is 4.79. The molecule has 1 aliphatic carbocycles. The average molecular weight is 164 g/mol. The van der Waals surface area contributed by atoms with Crippen molar-refractivity contribution in [3.63, 3.8) is 0 Å².